The molecule has 1 aliphatic carbocycles. The Morgan fingerprint density at radius 2 is 2.00 bits per heavy atom. The van der Waals surface area contributed by atoms with Gasteiger partial charge in [-0.3, -0.25) is 0 Å². The molecule has 1 heterocycles. The van der Waals surface area contributed by atoms with Gasteiger partial charge in [0, 0.05) is 36.9 Å². The van der Waals surface area contributed by atoms with E-state index in [4.69, 9.17) is 4.98 Å². The SMILES string of the molecule is COC(=O)NCCCn1cc(C(C)NC2CC2)nc1-c1ccc(C(F)(F)F)cc1. The zero-order chi connectivity index (χ0) is 21.0. The molecule has 158 valence electrons. The number of alkyl halides is 3. The molecule has 2 N–H and O–H groups in total. The van der Waals surface area contributed by atoms with E-state index in [1.807, 2.05) is 17.7 Å². The molecular formula is C20H25F3N4O2. The maximum absolute atomic E-state index is 12.9. The average molecular weight is 410 g/mol. The Balaban J connectivity index is 1.78. The number of hydrogen-bond donors (Lipinski definition) is 2. The largest absolute Gasteiger partial charge is 0.453 e. The normalized spacial score (nSPS) is 15.2. The van der Waals surface area contributed by atoms with Gasteiger partial charge < -0.3 is 19.9 Å². The van der Waals surface area contributed by atoms with Gasteiger partial charge in [0.05, 0.1) is 18.4 Å². The predicted molar refractivity (Wildman–Crippen MR) is 102 cm³/mol. The first-order chi connectivity index (χ1) is 13.8. The third kappa shape index (κ3) is 5.72. The lowest BCUT2D eigenvalue weighted by atomic mass is 10.1. The van der Waals surface area contributed by atoms with Crippen LogP contribution >= 0.6 is 0 Å². The topological polar surface area (TPSA) is 68.2 Å². The summed E-state index contributed by atoms with van der Waals surface area (Å²) in [5.74, 6) is 0.608. The predicted octanol–water partition coefficient (Wildman–Crippen LogP) is 4.13. The van der Waals surface area contributed by atoms with E-state index in [0.717, 1.165) is 30.7 Å². The van der Waals surface area contributed by atoms with E-state index in [2.05, 4.69) is 15.4 Å². The highest BCUT2D eigenvalue weighted by molar-refractivity contribution is 5.66. The third-order valence-corrected chi connectivity index (χ3v) is 4.80. The number of aromatic nitrogens is 2. The number of benzene rings is 1. The second kappa shape index (κ2) is 8.86. The van der Waals surface area contributed by atoms with Gasteiger partial charge in [0.25, 0.3) is 0 Å². The van der Waals surface area contributed by atoms with Crippen molar-refractivity contribution < 1.29 is 22.7 Å². The number of methoxy groups -OCH3 is 1. The lowest BCUT2D eigenvalue weighted by Crippen LogP contribution is -2.24. The van der Waals surface area contributed by atoms with E-state index >= 15 is 0 Å². The van der Waals surface area contributed by atoms with E-state index in [0.29, 0.717) is 36.9 Å². The van der Waals surface area contributed by atoms with E-state index in [1.54, 1.807) is 0 Å². The Bertz CT molecular complexity index is 829. The fourth-order valence-electron chi connectivity index (χ4n) is 3.05. The van der Waals surface area contributed by atoms with Crippen LogP contribution in [0, 0.1) is 0 Å². The molecule has 1 unspecified atom stereocenters. The van der Waals surface area contributed by atoms with E-state index in [9.17, 15) is 18.0 Å². The van der Waals surface area contributed by atoms with Crippen molar-refractivity contribution in [2.45, 2.75) is 51.0 Å². The minimum absolute atomic E-state index is 0.0464. The maximum atomic E-state index is 12.9. The van der Waals surface area contributed by atoms with Crippen molar-refractivity contribution in [1.29, 1.82) is 0 Å². The maximum Gasteiger partial charge on any atom is 0.416 e. The van der Waals surface area contributed by atoms with Crippen molar-refractivity contribution in [2.75, 3.05) is 13.7 Å². The van der Waals surface area contributed by atoms with Crippen LogP contribution in [0.15, 0.2) is 30.5 Å². The van der Waals surface area contributed by atoms with Crippen LogP contribution in [0.5, 0.6) is 0 Å². The monoisotopic (exact) mass is 410 g/mol. The Morgan fingerprint density at radius 1 is 1.31 bits per heavy atom. The van der Waals surface area contributed by atoms with Gasteiger partial charge in [-0.15, -0.1) is 0 Å². The van der Waals surface area contributed by atoms with Crippen LogP contribution < -0.4 is 10.6 Å². The third-order valence-electron chi connectivity index (χ3n) is 4.80. The van der Waals surface area contributed by atoms with Crippen molar-refractivity contribution in [3.8, 4) is 11.4 Å². The molecule has 0 saturated heterocycles. The van der Waals surface area contributed by atoms with Crippen molar-refractivity contribution in [1.82, 2.24) is 20.2 Å². The standard InChI is InChI=1S/C20H25F3N4O2/c1-13(25-16-8-9-16)17-12-27(11-3-10-24-19(28)29-2)18(26-17)14-4-6-15(7-5-14)20(21,22)23/h4-7,12-13,16,25H,3,8-11H2,1-2H3,(H,24,28). The van der Waals surface area contributed by atoms with Crippen molar-refractivity contribution in [3.05, 3.63) is 41.7 Å². The summed E-state index contributed by atoms with van der Waals surface area (Å²) in [4.78, 5) is 15.9. The first-order valence-electron chi connectivity index (χ1n) is 9.60. The number of imidazole rings is 1. The molecule has 29 heavy (non-hydrogen) atoms. The van der Waals surface area contributed by atoms with Gasteiger partial charge in [0.15, 0.2) is 0 Å². The summed E-state index contributed by atoms with van der Waals surface area (Å²) in [7, 11) is 1.30. The quantitative estimate of drug-likeness (QED) is 0.642. The zero-order valence-electron chi connectivity index (χ0n) is 16.4. The van der Waals surface area contributed by atoms with Crippen LogP contribution in [0.3, 0.4) is 0 Å². The number of alkyl carbamates (subject to hydrolysis) is 1. The number of aryl methyl sites for hydroxylation is 1. The molecule has 3 rings (SSSR count). The lowest BCUT2D eigenvalue weighted by molar-refractivity contribution is -0.137. The van der Waals surface area contributed by atoms with Crippen molar-refractivity contribution in [2.24, 2.45) is 0 Å². The minimum atomic E-state index is -4.37. The average Bonchev–Trinajstić information content (AvgIpc) is 3.40. The molecule has 1 atom stereocenters. The van der Waals surface area contributed by atoms with Crippen LogP contribution in [0.4, 0.5) is 18.0 Å². The first-order valence-corrected chi connectivity index (χ1v) is 9.60. The van der Waals surface area contributed by atoms with Gasteiger partial charge in [-0.25, -0.2) is 9.78 Å². The summed E-state index contributed by atoms with van der Waals surface area (Å²) in [6, 6.07) is 5.57. The molecule has 2 aromatic rings. The first kappa shape index (κ1) is 21.2. The number of nitrogens with one attached hydrogen (secondary N) is 2. The summed E-state index contributed by atoms with van der Waals surface area (Å²) in [6.07, 6.45) is -0.0248. The van der Waals surface area contributed by atoms with Crippen molar-refractivity contribution in [3.63, 3.8) is 0 Å². The number of hydrogen-bond acceptors (Lipinski definition) is 4. The van der Waals surface area contributed by atoms with E-state index in [1.165, 1.54) is 19.2 Å². The molecule has 1 aromatic carbocycles. The fraction of sp³-hybridized carbons (Fsp3) is 0.500. The number of rotatable bonds is 8. The number of carbonyl (C=O) groups is 1. The van der Waals surface area contributed by atoms with Gasteiger partial charge in [-0.2, -0.15) is 13.2 Å². The molecule has 0 bridgehead atoms. The molecule has 9 heteroatoms. The summed E-state index contributed by atoms with van der Waals surface area (Å²) in [5.41, 5.74) is 0.766. The molecule has 6 nitrogen and oxygen atoms in total. The summed E-state index contributed by atoms with van der Waals surface area (Å²) in [5, 5.41) is 6.10. The van der Waals surface area contributed by atoms with Crippen molar-refractivity contribution >= 4 is 6.09 Å². The van der Waals surface area contributed by atoms with Crippen LogP contribution in [0.25, 0.3) is 11.4 Å². The second-order valence-corrected chi connectivity index (χ2v) is 7.19. The molecule has 0 radical (unpaired) electrons. The van der Waals surface area contributed by atoms with E-state index < -0.39 is 17.8 Å². The lowest BCUT2D eigenvalue weighted by Gasteiger charge is -2.10. The van der Waals surface area contributed by atoms with Gasteiger partial charge in [-0.05, 0) is 38.3 Å². The number of nitrogens with zero attached hydrogens (tertiary/aromatic N) is 2. The Kier molecular flexibility index (Phi) is 6.46. The highest BCUT2D eigenvalue weighted by Crippen LogP contribution is 2.31. The van der Waals surface area contributed by atoms with Crippen LogP contribution in [0.2, 0.25) is 0 Å². The number of ether oxygens (including phenoxy) is 1. The van der Waals surface area contributed by atoms with Gasteiger partial charge in [0.1, 0.15) is 5.82 Å². The summed E-state index contributed by atoms with van der Waals surface area (Å²) in [6.45, 7) is 3.01. The summed E-state index contributed by atoms with van der Waals surface area (Å²) >= 11 is 0. The minimum Gasteiger partial charge on any atom is -0.453 e. The van der Waals surface area contributed by atoms with Gasteiger partial charge >= 0.3 is 12.3 Å². The highest BCUT2D eigenvalue weighted by atomic mass is 19.4. The molecule has 1 aliphatic rings. The van der Waals surface area contributed by atoms with Crippen LogP contribution in [0.1, 0.15) is 43.5 Å². The van der Waals surface area contributed by atoms with Crippen LogP contribution in [-0.2, 0) is 17.5 Å². The zero-order valence-corrected chi connectivity index (χ0v) is 16.4. The molecule has 1 amide bonds. The Hall–Kier alpha value is -2.55. The molecule has 0 spiro atoms. The van der Waals surface area contributed by atoms with Gasteiger partial charge in [-0.1, -0.05) is 12.1 Å². The van der Waals surface area contributed by atoms with Gasteiger partial charge in [0.2, 0.25) is 0 Å². The fourth-order valence-corrected chi connectivity index (χ4v) is 3.05. The smallest absolute Gasteiger partial charge is 0.416 e. The molecular weight excluding hydrogens is 385 g/mol. The Morgan fingerprint density at radius 3 is 2.59 bits per heavy atom. The molecule has 0 aliphatic heterocycles. The second-order valence-electron chi connectivity index (χ2n) is 7.19. The van der Waals surface area contributed by atoms with Crippen LogP contribution in [-0.4, -0.2) is 35.3 Å². The Labute approximate surface area is 167 Å². The number of amides is 1. The molecule has 1 fully saturated rings. The molecule has 1 aromatic heterocycles. The number of carbonyl (C=O) groups excluding carboxylic acids is 1. The highest BCUT2D eigenvalue weighted by Gasteiger charge is 2.30. The van der Waals surface area contributed by atoms with E-state index in [-0.39, 0.29) is 6.04 Å². The summed E-state index contributed by atoms with van der Waals surface area (Å²) < 4.78 is 45.1. The molecule has 1 saturated carbocycles. The number of halogens is 3.